The number of halogens is 4. The average Bonchev–Trinajstić information content (AvgIpc) is 2.32. The number of hydrogen-bond acceptors (Lipinski definition) is 3. The van der Waals surface area contributed by atoms with Crippen LogP contribution in [-0.4, -0.2) is 15.5 Å². The molecule has 2 aromatic rings. The number of nitrogens with one attached hydrogen (secondary N) is 1. The fraction of sp³-hybridized carbons (Fsp3) is 0.0909. The van der Waals surface area contributed by atoms with Gasteiger partial charge in [0.05, 0.1) is 0 Å². The minimum Gasteiger partial charge on any atom is -0.306 e. The first-order chi connectivity index (χ1) is 8.85. The Hall–Kier alpha value is -1.28. The summed E-state index contributed by atoms with van der Waals surface area (Å²) in [6, 6.07) is 5.60. The molecule has 0 radical (unpaired) electrons. The van der Waals surface area contributed by atoms with Gasteiger partial charge in [-0.1, -0.05) is 12.1 Å². The molecule has 0 unspecified atom stereocenters. The number of alkyl halides is 3. The van der Waals surface area contributed by atoms with E-state index in [9.17, 15) is 18.0 Å². The van der Waals surface area contributed by atoms with Crippen molar-refractivity contribution in [1.82, 2.24) is 9.97 Å². The maximum atomic E-state index is 12.2. The summed E-state index contributed by atoms with van der Waals surface area (Å²) in [4.78, 5) is 18.0. The van der Waals surface area contributed by atoms with E-state index in [0.29, 0.717) is 15.9 Å². The zero-order valence-corrected chi connectivity index (χ0v) is 11.6. The molecular weight excluding hydrogens is 345 g/mol. The monoisotopic (exact) mass is 350 g/mol. The van der Waals surface area contributed by atoms with Crippen molar-refractivity contribution in [3.63, 3.8) is 0 Å². The smallest absolute Gasteiger partial charge is 0.306 e. The molecule has 1 heterocycles. The average molecular weight is 351 g/mol. The van der Waals surface area contributed by atoms with Crippen molar-refractivity contribution in [2.45, 2.75) is 10.4 Å². The quantitative estimate of drug-likeness (QED) is 0.837. The summed E-state index contributed by atoms with van der Waals surface area (Å²) in [5.74, 6) is 0.303. The van der Waals surface area contributed by atoms with Crippen LogP contribution in [0.2, 0.25) is 0 Å². The van der Waals surface area contributed by atoms with Crippen molar-refractivity contribution in [2.24, 2.45) is 0 Å². The number of H-pyrrole nitrogens is 1. The number of nitrogens with zero attached hydrogens (tertiary/aromatic N) is 1. The normalized spacial score (nSPS) is 11.6. The predicted octanol–water partition coefficient (Wildman–Crippen LogP) is 3.81. The molecule has 0 atom stereocenters. The summed E-state index contributed by atoms with van der Waals surface area (Å²) >= 11 is 2.82. The van der Waals surface area contributed by atoms with Gasteiger partial charge in [0.2, 0.25) is 0 Å². The fourth-order valence-corrected chi connectivity index (χ4v) is 2.08. The summed E-state index contributed by atoms with van der Waals surface area (Å²) in [7, 11) is 0. The Morgan fingerprint density at radius 3 is 2.37 bits per heavy atom. The summed E-state index contributed by atoms with van der Waals surface area (Å²) in [6.07, 6.45) is 1.34. The Labute approximate surface area is 118 Å². The van der Waals surface area contributed by atoms with E-state index in [0.717, 1.165) is 0 Å². The largest absolute Gasteiger partial charge is 0.446 e. The van der Waals surface area contributed by atoms with E-state index >= 15 is 0 Å². The zero-order chi connectivity index (χ0) is 14.0. The van der Waals surface area contributed by atoms with Crippen LogP contribution in [-0.2, 0) is 0 Å². The lowest BCUT2D eigenvalue weighted by molar-refractivity contribution is -0.0328. The number of benzene rings is 1. The molecule has 0 saturated carbocycles. The molecular formula is C11H6BrF3N2OS. The van der Waals surface area contributed by atoms with E-state index in [2.05, 4.69) is 25.9 Å². The SMILES string of the molecule is O=c1[nH]c(-c2ccc(SC(F)(F)F)cc2)ncc1Br. The minimum absolute atomic E-state index is 0.0794. The summed E-state index contributed by atoms with van der Waals surface area (Å²) in [6.45, 7) is 0. The van der Waals surface area contributed by atoms with Gasteiger partial charge >= 0.3 is 5.51 Å². The van der Waals surface area contributed by atoms with Crippen LogP contribution in [0.25, 0.3) is 11.4 Å². The standard InChI is InChI=1S/C11H6BrF3N2OS/c12-8-5-16-9(17-10(8)18)6-1-3-7(4-2-6)19-11(13,14)15/h1-5H,(H,16,17,18). The van der Waals surface area contributed by atoms with Crippen LogP contribution in [0.4, 0.5) is 13.2 Å². The number of aromatic nitrogens is 2. The maximum Gasteiger partial charge on any atom is 0.446 e. The Morgan fingerprint density at radius 1 is 1.21 bits per heavy atom. The molecule has 1 N–H and O–H groups in total. The molecule has 0 aliphatic carbocycles. The van der Waals surface area contributed by atoms with Crippen molar-refractivity contribution in [1.29, 1.82) is 0 Å². The lowest BCUT2D eigenvalue weighted by Crippen LogP contribution is -2.08. The van der Waals surface area contributed by atoms with E-state index in [1.807, 2.05) is 0 Å². The molecule has 0 aliphatic heterocycles. The van der Waals surface area contributed by atoms with Crippen molar-refractivity contribution < 1.29 is 13.2 Å². The molecule has 0 amide bonds. The van der Waals surface area contributed by atoms with Gasteiger partial charge in [0.15, 0.2) is 0 Å². The van der Waals surface area contributed by atoms with Gasteiger partial charge < -0.3 is 4.98 Å². The Bertz CT molecular complexity index is 640. The van der Waals surface area contributed by atoms with Crippen LogP contribution in [0.15, 0.2) is 44.6 Å². The van der Waals surface area contributed by atoms with Crippen LogP contribution in [0, 0.1) is 0 Å². The summed E-state index contributed by atoms with van der Waals surface area (Å²) in [5, 5.41) is 0. The second-order valence-electron chi connectivity index (χ2n) is 3.48. The molecule has 3 nitrogen and oxygen atoms in total. The van der Waals surface area contributed by atoms with Crippen LogP contribution < -0.4 is 5.56 Å². The third-order valence-electron chi connectivity index (χ3n) is 2.12. The van der Waals surface area contributed by atoms with E-state index in [1.165, 1.54) is 30.5 Å². The van der Waals surface area contributed by atoms with E-state index in [4.69, 9.17) is 0 Å². The van der Waals surface area contributed by atoms with Crippen molar-refractivity contribution >= 4 is 27.7 Å². The van der Waals surface area contributed by atoms with Crippen LogP contribution in [0.1, 0.15) is 0 Å². The molecule has 1 aromatic heterocycles. The molecule has 0 spiro atoms. The van der Waals surface area contributed by atoms with E-state index in [-0.39, 0.29) is 22.2 Å². The first-order valence-corrected chi connectivity index (χ1v) is 6.57. The second-order valence-corrected chi connectivity index (χ2v) is 5.47. The first kappa shape index (κ1) is 14.1. The summed E-state index contributed by atoms with van der Waals surface area (Å²) < 4.78 is 36.8. The lowest BCUT2D eigenvalue weighted by atomic mass is 10.2. The summed E-state index contributed by atoms with van der Waals surface area (Å²) in [5.41, 5.74) is -4.12. The Morgan fingerprint density at radius 2 is 1.84 bits per heavy atom. The molecule has 0 bridgehead atoms. The second kappa shape index (κ2) is 5.38. The number of thioether (sulfide) groups is 1. The topological polar surface area (TPSA) is 45.8 Å². The highest BCUT2D eigenvalue weighted by Crippen LogP contribution is 2.37. The molecule has 1 aromatic carbocycles. The highest BCUT2D eigenvalue weighted by Gasteiger charge is 2.29. The number of rotatable bonds is 2. The van der Waals surface area contributed by atoms with Crippen LogP contribution in [0.5, 0.6) is 0 Å². The maximum absolute atomic E-state index is 12.2. The van der Waals surface area contributed by atoms with E-state index < -0.39 is 5.51 Å². The number of hydrogen-bond donors (Lipinski definition) is 1. The van der Waals surface area contributed by atoms with Crippen molar-refractivity contribution in [3.05, 3.63) is 45.3 Å². The predicted molar refractivity (Wildman–Crippen MR) is 69.9 cm³/mol. The third-order valence-corrected chi connectivity index (χ3v) is 3.42. The number of aromatic amines is 1. The molecule has 0 fully saturated rings. The van der Waals surface area contributed by atoms with Gasteiger partial charge in [-0.15, -0.1) is 0 Å². The van der Waals surface area contributed by atoms with Crippen LogP contribution in [0.3, 0.4) is 0 Å². The van der Waals surface area contributed by atoms with Crippen molar-refractivity contribution in [2.75, 3.05) is 0 Å². The van der Waals surface area contributed by atoms with Gasteiger partial charge in [0.1, 0.15) is 10.3 Å². The van der Waals surface area contributed by atoms with E-state index in [1.54, 1.807) is 0 Å². The van der Waals surface area contributed by atoms with Gasteiger partial charge in [0.25, 0.3) is 5.56 Å². The molecule has 100 valence electrons. The highest BCUT2D eigenvalue weighted by atomic mass is 79.9. The van der Waals surface area contributed by atoms with Crippen molar-refractivity contribution in [3.8, 4) is 11.4 Å². The van der Waals surface area contributed by atoms with Gasteiger partial charge in [-0.2, -0.15) is 13.2 Å². The molecule has 2 rings (SSSR count). The Balaban J connectivity index is 2.27. The van der Waals surface area contributed by atoms with Gasteiger partial charge in [0, 0.05) is 16.7 Å². The molecule has 19 heavy (non-hydrogen) atoms. The van der Waals surface area contributed by atoms with Gasteiger partial charge in [-0.05, 0) is 39.8 Å². The highest BCUT2D eigenvalue weighted by molar-refractivity contribution is 9.10. The first-order valence-electron chi connectivity index (χ1n) is 4.96. The minimum atomic E-state index is -4.31. The zero-order valence-electron chi connectivity index (χ0n) is 9.16. The van der Waals surface area contributed by atoms with Gasteiger partial charge in [-0.25, -0.2) is 4.98 Å². The van der Waals surface area contributed by atoms with Gasteiger partial charge in [-0.3, -0.25) is 4.79 Å². The third kappa shape index (κ3) is 3.84. The lowest BCUT2D eigenvalue weighted by Gasteiger charge is -2.06. The fourth-order valence-electron chi connectivity index (χ4n) is 1.34. The Kier molecular flexibility index (Phi) is 4.00. The molecule has 0 aliphatic rings. The molecule has 0 saturated heterocycles. The van der Waals surface area contributed by atoms with Crippen LogP contribution >= 0.6 is 27.7 Å². The molecule has 8 heteroatoms.